The Morgan fingerprint density at radius 1 is 1.00 bits per heavy atom. The first kappa shape index (κ1) is 11.4. The summed E-state index contributed by atoms with van der Waals surface area (Å²) in [5, 5.41) is 0.989. The largest absolute Gasteiger partial charge is 0.158 e. The molecule has 1 rings (SSSR count). The number of hydrogen-bond acceptors (Lipinski definition) is 1. The first-order valence-electron chi connectivity index (χ1n) is 5.90. The van der Waals surface area contributed by atoms with Crippen LogP contribution in [0.1, 0.15) is 58.8 Å². The Hall–Kier alpha value is 0.350. The van der Waals surface area contributed by atoms with Crippen molar-refractivity contribution in [2.24, 2.45) is 5.92 Å². The lowest BCUT2D eigenvalue weighted by atomic mass is 10.0. The Morgan fingerprint density at radius 3 is 2.08 bits per heavy atom. The number of rotatable bonds is 3. The maximum Gasteiger partial charge on any atom is 0.00471 e. The van der Waals surface area contributed by atoms with Crippen LogP contribution in [0.3, 0.4) is 0 Å². The quantitative estimate of drug-likeness (QED) is 0.647. The number of hydrogen-bond donors (Lipinski definition) is 0. The van der Waals surface area contributed by atoms with Crippen molar-refractivity contribution in [2.45, 2.75) is 64.0 Å². The zero-order valence-corrected chi connectivity index (χ0v) is 10.0. The van der Waals surface area contributed by atoms with E-state index in [0.29, 0.717) is 0 Å². The Balaban J connectivity index is 2.14. The van der Waals surface area contributed by atoms with E-state index in [-0.39, 0.29) is 0 Å². The van der Waals surface area contributed by atoms with Gasteiger partial charge in [0.15, 0.2) is 0 Å². The Labute approximate surface area is 87.9 Å². The van der Waals surface area contributed by atoms with Crippen molar-refractivity contribution in [2.75, 3.05) is 5.75 Å². The highest BCUT2D eigenvalue weighted by Crippen LogP contribution is 2.27. The molecule has 0 heterocycles. The van der Waals surface area contributed by atoms with Gasteiger partial charge in [0.25, 0.3) is 0 Å². The van der Waals surface area contributed by atoms with Crippen LogP contribution >= 0.6 is 11.8 Å². The molecule has 0 bridgehead atoms. The van der Waals surface area contributed by atoms with Crippen molar-refractivity contribution in [3.05, 3.63) is 0 Å². The first-order chi connectivity index (χ1) is 6.29. The van der Waals surface area contributed by atoms with Gasteiger partial charge in [0.05, 0.1) is 0 Å². The number of thioether (sulfide) groups is 1. The Morgan fingerprint density at radius 2 is 1.54 bits per heavy atom. The van der Waals surface area contributed by atoms with Gasteiger partial charge in [-0.1, -0.05) is 46.0 Å². The lowest BCUT2D eigenvalue weighted by Crippen LogP contribution is -2.08. The molecule has 0 N–H and O–H groups in total. The second-order valence-electron chi connectivity index (χ2n) is 4.69. The van der Waals surface area contributed by atoms with E-state index in [1.54, 1.807) is 0 Å². The Kier molecular flexibility index (Phi) is 5.93. The molecule has 0 aromatic heterocycles. The van der Waals surface area contributed by atoms with E-state index in [1.807, 2.05) is 0 Å². The van der Waals surface area contributed by atoms with Crippen LogP contribution in [-0.4, -0.2) is 11.0 Å². The van der Waals surface area contributed by atoms with E-state index in [9.17, 15) is 0 Å². The fraction of sp³-hybridized carbons (Fsp3) is 1.00. The molecule has 0 atom stereocenters. The summed E-state index contributed by atoms with van der Waals surface area (Å²) in [6.07, 6.45) is 10.4. The second-order valence-corrected chi connectivity index (χ2v) is 6.03. The topological polar surface area (TPSA) is 0 Å². The molecule has 0 radical (unpaired) electrons. The molecule has 13 heavy (non-hydrogen) atoms. The van der Waals surface area contributed by atoms with Crippen LogP contribution in [0.15, 0.2) is 0 Å². The fourth-order valence-corrected chi connectivity index (χ4v) is 3.24. The standard InChI is InChI=1S/C12H24S/c1-11(2)10-13-12-8-6-4-3-5-7-9-12/h11-12H,3-10H2,1-2H3. The molecule has 0 nitrogen and oxygen atoms in total. The molecule has 1 aliphatic rings. The third-order valence-electron chi connectivity index (χ3n) is 2.72. The molecule has 78 valence electrons. The summed E-state index contributed by atoms with van der Waals surface area (Å²) < 4.78 is 0. The molecule has 0 spiro atoms. The van der Waals surface area contributed by atoms with Gasteiger partial charge < -0.3 is 0 Å². The molecule has 1 saturated carbocycles. The summed E-state index contributed by atoms with van der Waals surface area (Å²) >= 11 is 2.23. The highest BCUT2D eigenvalue weighted by Gasteiger charge is 2.11. The third kappa shape index (κ3) is 5.61. The van der Waals surface area contributed by atoms with E-state index >= 15 is 0 Å². The smallest absolute Gasteiger partial charge is 0.00471 e. The van der Waals surface area contributed by atoms with Crippen LogP contribution in [0.4, 0.5) is 0 Å². The van der Waals surface area contributed by atoms with E-state index in [0.717, 1.165) is 11.2 Å². The highest BCUT2D eigenvalue weighted by atomic mass is 32.2. The molecule has 1 fully saturated rings. The maximum atomic E-state index is 2.33. The van der Waals surface area contributed by atoms with Gasteiger partial charge in [-0.05, 0) is 24.5 Å². The van der Waals surface area contributed by atoms with Crippen LogP contribution in [-0.2, 0) is 0 Å². The molecule has 0 unspecified atom stereocenters. The van der Waals surface area contributed by atoms with Gasteiger partial charge in [0, 0.05) is 5.25 Å². The Bertz CT molecular complexity index is 112. The lowest BCUT2D eigenvalue weighted by molar-refractivity contribution is 0.512. The van der Waals surface area contributed by atoms with E-state index < -0.39 is 0 Å². The van der Waals surface area contributed by atoms with Crippen molar-refractivity contribution in [1.29, 1.82) is 0 Å². The van der Waals surface area contributed by atoms with Crippen LogP contribution in [0.5, 0.6) is 0 Å². The summed E-state index contributed by atoms with van der Waals surface area (Å²) in [4.78, 5) is 0. The predicted octanol–water partition coefficient (Wildman–Crippen LogP) is 4.49. The molecule has 0 amide bonds. The molecule has 0 saturated heterocycles. The average Bonchev–Trinajstić information content (AvgIpc) is 2.01. The third-order valence-corrected chi connectivity index (χ3v) is 4.52. The minimum absolute atomic E-state index is 0.871. The summed E-state index contributed by atoms with van der Waals surface area (Å²) in [7, 11) is 0. The zero-order chi connectivity index (χ0) is 9.52. The monoisotopic (exact) mass is 200 g/mol. The van der Waals surface area contributed by atoms with Crippen LogP contribution in [0.2, 0.25) is 0 Å². The molecule has 0 aromatic carbocycles. The average molecular weight is 200 g/mol. The fourth-order valence-electron chi connectivity index (χ4n) is 1.91. The maximum absolute atomic E-state index is 2.33. The summed E-state index contributed by atoms with van der Waals surface area (Å²) in [6.45, 7) is 4.66. The van der Waals surface area contributed by atoms with Gasteiger partial charge >= 0.3 is 0 Å². The highest BCUT2D eigenvalue weighted by molar-refractivity contribution is 7.99. The second kappa shape index (κ2) is 6.75. The van der Waals surface area contributed by atoms with Gasteiger partial charge in [0.1, 0.15) is 0 Å². The van der Waals surface area contributed by atoms with Crippen molar-refractivity contribution in [3.63, 3.8) is 0 Å². The summed E-state index contributed by atoms with van der Waals surface area (Å²) in [5.74, 6) is 2.24. The van der Waals surface area contributed by atoms with Crippen LogP contribution in [0, 0.1) is 5.92 Å². The van der Waals surface area contributed by atoms with Crippen LogP contribution in [0.25, 0.3) is 0 Å². The molecule has 1 aliphatic carbocycles. The predicted molar refractivity (Wildman–Crippen MR) is 63.4 cm³/mol. The van der Waals surface area contributed by atoms with Crippen molar-refractivity contribution >= 4 is 11.8 Å². The minimum atomic E-state index is 0.871. The minimum Gasteiger partial charge on any atom is -0.158 e. The molecule has 0 aliphatic heterocycles. The molecule has 0 aromatic rings. The van der Waals surface area contributed by atoms with E-state index in [1.165, 1.54) is 50.7 Å². The SMILES string of the molecule is CC(C)CSC1CCCCCCC1. The van der Waals surface area contributed by atoms with Gasteiger partial charge in [-0.3, -0.25) is 0 Å². The van der Waals surface area contributed by atoms with E-state index in [4.69, 9.17) is 0 Å². The summed E-state index contributed by atoms with van der Waals surface area (Å²) in [5.41, 5.74) is 0. The normalized spacial score (nSPS) is 21.5. The lowest BCUT2D eigenvalue weighted by Gasteiger charge is -2.19. The van der Waals surface area contributed by atoms with Gasteiger partial charge in [-0.2, -0.15) is 11.8 Å². The summed E-state index contributed by atoms with van der Waals surface area (Å²) in [6, 6.07) is 0. The molecular weight excluding hydrogens is 176 g/mol. The molecular formula is C12H24S. The van der Waals surface area contributed by atoms with Crippen molar-refractivity contribution < 1.29 is 0 Å². The first-order valence-corrected chi connectivity index (χ1v) is 6.95. The van der Waals surface area contributed by atoms with Crippen LogP contribution < -0.4 is 0 Å². The van der Waals surface area contributed by atoms with Gasteiger partial charge in [0.2, 0.25) is 0 Å². The van der Waals surface area contributed by atoms with Crippen molar-refractivity contribution in [3.8, 4) is 0 Å². The van der Waals surface area contributed by atoms with E-state index in [2.05, 4.69) is 25.6 Å². The van der Waals surface area contributed by atoms with Gasteiger partial charge in [-0.15, -0.1) is 0 Å². The molecule has 1 heteroatoms. The zero-order valence-electron chi connectivity index (χ0n) is 9.22. The van der Waals surface area contributed by atoms with Gasteiger partial charge in [-0.25, -0.2) is 0 Å². The van der Waals surface area contributed by atoms with Crippen molar-refractivity contribution in [1.82, 2.24) is 0 Å².